The standard InChI is InChI=1S/C7H8ClN3O2S2/c1-15(12,13)3-2-10-7-11-6(8)5(4-9)14-7/h2-3H2,1H3,(H,10,11). The van der Waals surface area contributed by atoms with E-state index in [1.54, 1.807) is 0 Å². The van der Waals surface area contributed by atoms with Crippen LogP contribution < -0.4 is 5.32 Å². The minimum atomic E-state index is -2.99. The molecule has 0 amide bonds. The monoisotopic (exact) mass is 265 g/mol. The molecule has 0 aliphatic heterocycles. The topological polar surface area (TPSA) is 82.8 Å². The van der Waals surface area contributed by atoms with Gasteiger partial charge in [0.25, 0.3) is 0 Å². The smallest absolute Gasteiger partial charge is 0.185 e. The highest BCUT2D eigenvalue weighted by atomic mass is 35.5. The Kier molecular flexibility index (Phi) is 3.90. The van der Waals surface area contributed by atoms with E-state index in [4.69, 9.17) is 16.9 Å². The Morgan fingerprint density at radius 3 is 2.80 bits per heavy atom. The summed E-state index contributed by atoms with van der Waals surface area (Å²) in [7, 11) is -2.99. The van der Waals surface area contributed by atoms with Crippen molar-refractivity contribution in [2.75, 3.05) is 23.9 Å². The van der Waals surface area contributed by atoms with E-state index in [9.17, 15) is 8.42 Å². The molecule has 1 aromatic rings. The zero-order valence-electron chi connectivity index (χ0n) is 7.82. The number of rotatable bonds is 4. The van der Waals surface area contributed by atoms with Crippen molar-refractivity contribution in [3.8, 4) is 6.07 Å². The number of aromatic nitrogens is 1. The number of halogens is 1. The molecule has 15 heavy (non-hydrogen) atoms. The predicted octanol–water partition coefficient (Wildman–Crippen LogP) is 1.12. The fraction of sp³-hybridized carbons (Fsp3) is 0.429. The molecule has 0 saturated carbocycles. The van der Waals surface area contributed by atoms with Gasteiger partial charge in [-0.1, -0.05) is 22.9 Å². The molecule has 0 spiro atoms. The molecular formula is C7H8ClN3O2S2. The van der Waals surface area contributed by atoms with E-state index in [0.29, 0.717) is 10.0 Å². The molecular weight excluding hydrogens is 258 g/mol. The highest BCUT2D eigenvalue weighted by Gasteiger charge is 2.08. The molecule has 8 heteroatoms. The normalized spacial score (nSPS) is 11.0. The van der Waals surface area contributed by atoms with E-state index in [1.165, 1.54) is 0 Å². The van der Waals surface area contributed by atoms with Gasteiger partial charge in [-0.15, -0.1) is 0 Å². The van der Waals surface area contributed by atoms with E-state index >= 15 is 0 Å². The number of hydrogen-bond acceptors (Lipinski definition) is 6. The Hall–Kier alpha value is -0.840. The molecule has 0 fully saturated rings. The fourth-order valence-electron chi connectivity index (χ4n) is 0.789. The Morgan fingerprint density at radius 2 is 2.33 bits per heavy atom. The first-order valence-electron chi connectivity index (χ1n) is 3.90. The molecule has 0 atom stereocenters. The number of thiazole rings is 1. The number of nitrogens with zero attached hydrogens (tertiary/aromatic N) is 2. The van der Waals surface area contributed by atoms with Crippen LogP contribution >= 0.6 is 22.9 Å². The van der Waals surface area contributed by atoms with Crippen LogP contribution in [0.4, 0.5) is 5.13 Å². The Balaban J connectivity index is 2.56. The van der Waals surface area contributed by atoms with Crippen molar-refractivity contribution in [1.82, 2.24) is 4.98 Å². The highest BCUT2D eigenvalue weighted by molar-refractivity contribution is 7.90. The minimum absolute atomic E-state index is 0.0199. The third-order valence-corrected chi connectivity index (χ3v) is 3.69. The summed E-state index contributed by atoms with van der Waals surface area (Å²) in [6.07, 6.45) is 1.16. The van der Waals surface area contributed by atoms with Gasteiger partial charge in [-0.2, -0.15) is 5.26 Å². The van der Waals surface area contributed by atoms with E-state index in [-0.39, 0.29) is 17.5 Å². The summed E-state index contributed by atoms with van der Waals surface area (Å²) in [6.45, 7) is 0.257. The lowest BCUT2D eigenvalue weighted by atomic mass is 10.6. The van der Waals surface area contributed by atoms with Gasteiger partial charge in [0, 0.05) is 12.8 Å². The van der Waals surface area contributed by atoms with Gasteiger partial charge >= 0.3 is 0 Å². The third-order valence-electron chi connectivity index (χ3n) is 1.44. The summed E-state index contributed by atoms with van der Waals surface area (Å²) in [5.41, 5.74) is 0. The van der Waals surface area contributed by atoms with Crippen LogP contribution in [0.1, 0.15) is 4.88 Å². The molecule has 1 heterocycles. The van der Waals surface area contributed by atoms with Crippen LogP contribution in [0, 0.1) is 11.3 Å². The summed E-state index contributed by atoms with van der Waals surface area (Å²) in [4.78, 5) is 4.17. The molecule has 0 aliphatic rings. The van der Waals surface area contributed by atoms with Crippen LogP contribution in [0.5, 0.6) is 0 Å². The van der Waals surface area contributed by atoms with Crippen molar-refractivity contribution in [3.63, 3.8) is 0 Å². The zero-order chi connectivity index (χ0) is 11.5. The number of sulfone groups is 1. The fourth-order valence-corrected chi connectivity index (χ4v) is 2.23. The van der Waals surface area contributed by atoms with Gasteiger partial charge in [0.15, 0.2) is 10.3 Å². The molecule has 0 saturated heterocycles. The molecule has 1 aromatic heterocycles. The molecule has 0 aliphatic carbocycles. The molecule has 0 bridgehead atoms. The highest BCUT2D eigenvalue weighted by Crippen LogP contribution is 2.25. The van der Waals surface area contributed by atoms with Crippen molar-refractivity contribution in [3.05, 3.63) is 10.0 Å². The lowest BCUT2D eigenvalue weighted by molar-refractivity contribution is 0.602. The molecule has 1 rings (SSSR count). The Bertz CT molecular complexity index is 489. The second kappa shape index (κ2) is 4.79. The van der Waals surface area contributed by atoms with Gasteiger partial charge in [-0.25, -0.2) is 13.4 Å². The van der Waals surface area contributed by atoms with Crippen molar-refractivity contribution >= 4 is 37.9 Å². The molecule has 0 unspecified atom stereocenters. The van der Waals surface area contributed by atoms with Gasteiger partial charge in [0.2, 0.25) is 0 Å². The lowest BCUT2D eigenvalue weighted by Gasteiger charge is -1.99. The number of anilines is 1. The summed E-state index contributed by atoms with van der Waals surface area (Å²) >= 11 is 6.73. The van der Waals surface area contributed by atoms with Crippen LogP contribution in [-0.2, 0) is 9.84 Å². The van der Waals surface area contributed by atoms with E-state index in [0.717, 1.165) is 17.6 Å². The van der Waals surface area contributed by atoms with Crippen molar-refractivity contribution in [2.45, 2.75) is 0 Å². The quantitative estimate of drug-likeness (QED) is 0.882. The van der Waals surface area contributed by atoms with Crippen LogP contribution in [-0.4, -0.2) is 32.0 Å². The SMILES string of the molecule is CS(=O)(=O)CCNc1nc(Cl)c(C#N)s1. The van der Waals surface area contributed by atoms with Crippen LogP contribution in [0.15, 0.2) is 0 Å². The van der Waals surface area contributed by atoms with Gasteiger partial charge in [-0.3, -0.25) is 0 Å². The Labute approximate surface area is 96.6 Å². The molecule has 82 valence electrons. The first-order chi connectivity index (χ1) is 6.92. The summed E-state index contributed by atoms with van der Waals surface area (Å²) < 4.78 is 21.6. The van der Waals surface area contributed by atoms with Crippen LogP contribution in [0.3, 0.4) is 0 Å². The second-order valence-corrected chi connectivity index (χ2v) is 6.42. The lowest BCUT2D eigenvalue weighted by Crippen LogP contribution is -2.13. The maximum atomic E-state index is 10.8. The van der Waals surface area contributed by atoms with Crippen molar-refractivity contribution < 1.29 is 8.42 Å². The van der Waals surface area contributed by atoms with Crippen LogP contribution in [0.25, 0.3) is 0 Å². The first kappa shape index (κ1) is 12.2. The van der Waals surface area contributed by atoms with Crippen molar-refractivity contribution in [2.24, 2.45) is 0 Å². The Morgan fingerprint density at radius 1 is 1.67 bits per heavy atom. The minimum Gasteiger partial charge on any atom is -0.360 e. The maximum absolute atomic E-state index is 10.8. The molecule has 5 nitrogen and oxygen atoms in total. The second-order valence-electron chi connectivity index (χ2n) is 2.81. The predicted molar refractivity (Wildman–Crippen MR) is 60.0 cm³/mol. The van der Waals surface area contributed by atoms with E-state index < -0.39 is 9.84 Å². The van der Waals surface area contributed by atoms with E-state index in [1.807, 2.05) is 6.07 Å². The third kappa shape index (κ3) is 4.03. The molecule has 0 aromatic carbocycles. The van der Waals surface area contributed by atoms with Gasteiger partial charge in [-0.05, 0) is 0 Å². The average Bonchev–Trinajstić information content (AvgIpc) is 2.44. The molecule has 0 radical (unpaired) electrons. The van der Waals surface area contributed by atoms with Gasteiger partial charge in [0.1, 0.15) is 20.8 Å². The summed E-state index contributed by atoms with van der Waals surface area (Å²) in [5.74, 6) is 0.0199. The van der Waals surface area contributed by atoms with Gasteiger partial charge in [0.05, 0.1) is 5.75 Å². The van der Waals surface area contributed by atoms with Gasteiger partial charge < -0.3 is 5.32 Å². The first-order valence-corrected chi connectivity index (χ1v) is 7.16. The summed E-state index contributed by atoms with van der Waals surface area (Å²) in [5, 5.41) is 12.0. The number of nitriles is 1. The summed E-state index contributed by atoms with van der Waals surface area (Å²) in [6, 6.07) is 1.89. The zero-order valence-corrected chi connectivity index (χ0v) is 10.2. The van der Waals surface area contributed by atoms with E-state index in [2.05, 4.69) is 10.3 Å². The van der Waals surface area contributed by atoms with Crippen LogP contribution in [0.2, 0.25) is 5.15 Å². The average molecular weight is 266 g/mol. The number of hydrogen-bond donors (Lipinski definition) is 1. The molecule has 1 N–H and O–H groups in total. The largest absolute Gasteiger partial charge is 0.360 e. The number of nitrogens with one attached hydrogen (secondary N) is 1. The maximum Gasteiger partial charge on any atom is 0.185 e. The van der Waals surface area contributed by atoms with Crippen molar-refractivity contribution in [1.29, 1.82) is 5.26 Å².